The van der Waals surface area contributed by atoms with Crippen LogP contribution in [0.4, 0.5) is 4.79 Å². The topological polar surface area (TPSA) is 50.4 Å². The monoisotopic (exact) mass is 288 g/mol. The molecule has 2 N–H and O–H groups in total. The van der Waals surface area contributed by atoms with Crippen molar-refractivity contribution in [2.75, 3.05) is 26.2 Å². The maximum atomic E-state index is 11.2. The normalized spacial score (nSPS) is 9.60. The molecule has 0 saturated carbocycles. The lowest BCUT2D eigenvalue weighted by molar-refractivity contribution is 0.146. The van der Waals surface area contributed by atoms with Gasteiger partial charge in [-0.3, -0.25) is 0 Å². The molecule has 0 spiro atoms. The lowest BCUT2D eigenvalue weighted by atomic mass is 10.1. The molecule has 4 nitrogen and oxygen atoms in total. The molecule has 0 aromatic rings. The summed E-state index contributed by atoms with van der Waals surface area (Å²) < 4.78 is 5.02. The summed E-state index contributed by atoms with van der Waals surface area (Å²) in [7, 11) is 0. The third-order valence-corrected chi connectivity index (χ3v) is 2.77. The van der Waals surface area contributed by atoms with Gasteiger partial charge in [0.2, 0.25) is 0 Å². The van der Waals surface area contributed by atoms with Gasteiger partial charge in [-0.05, 0) is 19.4 Å². The Kier molecular flexibility index (Phi) is 22.1. The fourth-order valence-corrected chi connectivity index (χ4v) is 1.61. The van der Waals surface area contributed by atoms with Crippen LogP contribution < -0.4 is 10.6 Å². The van der Waals surface area contributed by atoms with Crippen LogP contribution in [0.15, 0.2) is 0 Å². The van der Waals surface area contributed by atoms with E-state index < -0.39 is 0 Å². The third kappa shape index (κ3) is 19.6. The van der Waals surface area contributed by atoms with Crippen LogP contribution in [-0.4, -0.2) is 32.3 Å². The molecule has 1 amide bonds. The number of nitrogens with one attached hydrogen (secondary N) is 2. The van der Waals surface area contributed by atoms with E-state index in [1.807, 2.05) is 13.8 Å². The van der Waals surface area contributed by atoms with Crippen LogP contribution in [0, 0.1) is 0 Å². The van der Waals surface area contributed by atoms with E-state index in [9.17, 15) is 4.79 Å². The number of amides is 1. The summed E-state index contributed by atoms with van der Waals surface area (Å²) in [5.74, 6) is 0. The van der Waals surface area contributed by atoms with Gasteiger partial charge in [-0.25, -0.2) is 4.79 Å². The molecule has 0 atom stereocenters. The van der Waals surface area contributed by atoms with Crippen molar-refractivity contribution >= 4 is 6.09 Å². The molecule has 0 fully saturated rings. The molecule has 0 bridgehead atoms. The van der Waals surface area contributed by atoms with Crippen LogP contribution in [0.3, 0.4) is 0 Å². The van der Waals surface area contributed by atoms with Crippen LogP contribution in [0.25, 0.3) is 0 Å². The van der Waals surface area contributed by atoms with Gasteiger partial charge >= 0.3 is 6.09 Å². The van der Waals surface area contributed by atoms with Crippen LogP contribution >= 0.6 is 0 Å². The standard InChI is InChI=1S/C14H30N2O2.C2H6/c1-3-5-7-8-9-10-15-12-13-18-14(17)16-11-6-4-2;1-2/h15H,3-13H2,1-2H3,(H,16,17);1-2H3. The van der Waals surface area contributed by atoms with Crippen molar-refractivity contribution in [3.05, 3.63) is 0 Å². The molecule has 0 aromatic heterocycles. The Morgan fingerprint density at radius 3 is 2.15 bits per heavy atom. The number of rotatable bonds is 12. The first kappa shape index (κ1) is 21.5. The Hall–Kier alpha value is -0.770. The Bertz CT molecular complexity index is 187. The zero-order valence-electron chi connectivity index (χ0n) is 14.1. The summed E-state index contributed by atoms with van der Waals surface area (Å²) >= 11 is 0. The molecule has 0 aliphatic heterocycles. The summed E-state index contributed by atoms with van der Waals surface area (Å²) in [5, 5.41) is 6.00. The highest BCUT2D eigenvalue weighted by Crippen LogP contribution is 2.00. The maximum absolute atomic E-state index is 11.2. The minimum atomic E-state index is -0.298. The highest BCUT2D eigenvalue weighted by atomic mass is 16.5. The quantitative estimate of drug-likeness (QED) is 0.532. The van der Waals surface area contributed by atoms with Gasteiger partial charge in [0.05, 0.1) is 0 Å². The third-order valence-electron chi connectivity index (χ3n) is 2.77. The van der Waals surface area contributed by atoms with E-state index in [1.54, 1.807) is 0 Å². The van der Waals surface area contributed by atoms with Gasteiger partial charge in [-0.2, -0.15) is 0 Å². The number of ether oxygens (including phenoxy) is 1. The van der Waals surface area contributed by atoms with Gasteiger partial charge in [-0.1, -0.05) is 59.8 Å². The minimum Gasteiger partial charge on any atom is -0.448 e. The molecule has 0 rings (SSSR count). The van der Waals surface area contributed by atoms with Crippen molar-refractivity contribution in [3.8, 4) is 0 Å². The Labute approximate surface area is 126 Å². The predicted molar refractivity (Wildman–Crippen MR) is 87.2 cm³/mol. The highest BCUT2D eigenvalue weighted by molar-refractivity contribution is 5.66. The molecule has 0 radical (unpaired) electrons. The van der Waals surface area contributed by atoms with Crippen molar-refractivity contribution in [2.45, 2.75) is 72.6 Å². The van der Waals surface area contributed by atoms with Crippen molar-refractivity contribution in [2.24, 2.45) is 0 Å². The van der Waals surface area contributed by atoms with Gasteiger partial charge in [0.1, 0.15) is 6.61 Å². The van der Waals surface area contributed by atoms with Crippen LogP contribution in [0.5, 0.6) is 0 Å². The Morgan fingerprint density at radius 2 is 1.50 bits per heavy atom. The van der Waals surface area contributed by atoms with Gasteiger partial charge in [0, 0.05) is 13.1 Å². The molecule has 4 heteroatoms. The maximum Gasteiger partial charge on any atom is 0.407 e. The van der Waals surface area contributed by atoms with Crippen molar-refractivity contribution in [1.82, 2.24) is 10.6 Å². The lowest BCUT2D eigenvalue weighted by Crippen LogP contribution is -2.29. The first-order valence-electron chi connectivity index (χ1n) is 8.42. The van der Waals surface area contributed by atoms with Gasteiger partial charge in [0.15, 0.2) is 0 Å². The molecular formula is C16H36N2O2. The summed E-state index contributed by atoms with van der Waals surface area (Å²) in [5.41, 5.74) is 0. The van der Waals surface area contributed by atoms with E-state index >= 15 is 0 Å². The number of alkyl carbamates (subject to hydrolysis) is 1. The smallest absolute Gasteiger partial charge is 0.407 e. The predicted octanol–water partition coefficient (Wildman–Crippen LogP) is 4.10. The van der Waals surface area contributed by atoms with E-state index in [0.717, 1.165) is 25.9 Å². The summed E-state index contributed by atoms with van der Waals surface area (Å²) in [6.07, 6.45) is 8.24. The second kappa shape index (κ2) is 20.5. The largest absolute Gasteiger partial charge is 0.448 e. The van der Waals surface area contributed by atoms with Crippen molar-refractivity contribution in [3.63, 3.8) is 0 Å². The molecule has 122 valence electrons. The number of carbonyl (C=O) groups excluding carboxylic acids is 1. The van der Waals surface area contributed by atoms with E-state index in [0.29, 0.717) is 13.2 Å². The lowest BCUT2D eigenvalue weighted by Gasteiger charge is -2.07. The SMILES string of the molecule is CC.CCCCCCCNCCOC(=O)NCCCC. The second-order valence-electron chi connectivity index (χ2n) is 4.58. The van der Waals surface area contributed by atoms with E-state index in [-0.39, 0.29) is 6.09 Å². The zero-order chi connectivity index (χ0) is 15.5. The molecule has 0 saturated heterocycles. The molecule has 0 aliphatic rings. The minimum absolute atomic E-state index is 0.298. The van der Waals surface area contributed by atoms with Crippen molar-refractivity contribution in [1.29, 1.82) is 0 Å². The van der Waals surface area contributed by atoms with Crippen molar-refractivity contribution < 1.29 is 9.53 Å². The Morgan fingerprint density at radius 1 is 0.850 bits per heavy atom. The fraction of sp³-hybridized carbons (Fsp3) is 0.938. The van der Waals surface area contributed by atoms with Crippen LogP contribution in [-0.2, 0) is 4.74 Å². The first-order chi connectivity index (χ1) is 9.81. The summed E-state index contributed by atoms with van der Waals surface area (Å²) in [4.78, 5) is 11.2. The number of hydrogen-bond acceptors (Lipinski definition) is 3. The van der Waals surface area contributed by atoms with E-state index in [4.69, 9.17) is 4.74 Å². The zero-order valence-corrected chi connectivity index (χ0v) is 14.1. The number of unbranched alkanes of at least 4 members (excludes halogenated alkanes) is 5. The molecular weight excluding hydrogens is 252 g/mol. The number of carbonyl (C=O) groups is 1. The average Bonchev–Trinajstić information content (AvgIpc) is 2.48. The van der Waals surface area contributed by atoms with Crippen LogP contribution in [0.1, 0.15) is 72.6 Å². The number of hydrogen-bond donors (Lipinski definition) is 2. The van der Waals surface area contributed by atoms with E-state index in [2.05, 4.69) is 24.5 Å². The highest BCUT2D eigenvalue weighted by Gasteiger charge is 1.99. The molecule has 20 heavy (non-hydrogen) atoms. The fourth-order valence-electron chi connectivity index (χ4n) is 1.61. The second-order valence-corrected chi connectivity index (χ2v) is 4.58. The molecule has 0 heterocycles. The van der Waals surface area contributed by atoms with Gasteiger partial charge < -0.3 is 15.4 Å². The summed E-state index contributed by atoms with van der Waals surface area (Å²) in [6.45, 7) is 11.2. The van der Waals surface area contributed by atoms with Gasteiger partial charge in [-0.15, -0.1) is 0 Å². The summed E-state index contributed by atoms with van der Waals surface area (Å²) in [6, 6.07) is 0. The van der Waals surface area contributed by atoms with Crippen LogP contribution in [0.2, 0.25) is 0 Å². The molecule has 0 aromatic carbocycles. The molecule has 0 unspecified atom stereocenters. The van der Waals surface area contributed by atoms with E-state index in [1.165, 1.54) is 32.1 Å². The molecule has 0 aliphatic carbocycles. The average molecular weight is 288 g/mol. The van der Waals surface area contributed by atoms with Gasteiger partial charge in [0.25, 0.3) is 0 Å². The first-order valence-corrected chi connectivity index (χ1v) is 8.42. The Balaban J connectivity index is 0.